The van der Waals surface area contributed by atoms with E-state index < -0.39 is 14.8 Å². The molecule has 0 bridgehead atoms. The highest BCUT2D eigenvalue weighted by Crippen LogP contribution is 2.35. The number of ether oxygens (including phenoxy) is 3. The Kier molecular flexibility index (Phi) is 8.75. The quantitative estimate of drug-likeness (QED) is 0.152. The van der Waals surface area contributed by atoms with E-state index in [4.69, 9.17) is 14.2 Å². The normalized spacial score (nSPS) is 11.5. The Morgan fingerprint density at radius 3 is 2.14 bits per heavy atom. The molecule has 0 amide bonds. The number of nitro groups is 1. The number of non-ortho nitro benzene ring substituents is 1. The van der Waals surface area contributed by atoms with Crippen LogP contribution in [-0.4, -0.2) is 47.2 Å². The largest absolute Gasteiger partial charge is 0.496 e. The Labute approximate surface area is 213 Å². The SMILES string of the molecule is COc1cc(OC)c(/C=C/S(=O)(=O)Cc2ccc(C=O)c(/N=C\c3ccc([N+](=O)[O-])cc3)c2)c(OC)c1. The average Bonchev–Trinajstić information content (AvgIpc) is 2.90. The predicted molar refractivity (Wildman–Crippen MR) is 140 cm³/mol. The Balaban J connectivity index is 1.86. The number of rotatable bonds is 11. The van der Waals surface area contributed by atoms with E-state index in [0.29, 0.717) is 40.2 Å². The molecule has 37 heavy (non-hydrogen) atoms. The highest BCUT2D eigenvalue weighted by atomic mass is 32.2. The number of nitro benzene ring substituents is 1. The van der Waals surface area contributed by atoms with Crippen LogP contribution in [0.25, 0.3) is 6.08 Å². The number of carbonyl (C=O) groups excluding carboxylic acids is 1. The first-order chi connectivity index (χ1) is 17.7. The fraction of sp³-hybridized carbons (Fsp3) is 0.154. The van der Waals surface area contributed by atoms with Crippen molar-refractivity contribution in [3.63, 3.8) is 0 Å². The minimum atomic E-state index is -3.74. The summed E-state index contributed by atoms with van der Waals surface area (Å²) >= 11 is 0. The standard InChI is InChI=1S/C26H24N2O8S/c1-34-22-13-25(35-2)23(26(14-22)36-3)10-11-37(32,33)17-19-4-7-20(16-29)24(12-19)27-15-18-5-8-21(9-6-18)28(30)31/h4-16H,17H2,1-3H3/b11-10+,27-15-. The number of benzene rings is 3. The van der Waals surface area contributed by atoms with Crippen molar-refractivity contribution in [3.05, 3.63) is 92.4 Å². The lowest BCUT2D eigenvalue weighted by Crippen LogP contribution is -2.01. The molecule has 0 saturated heterocycles. The van der Waals surface area contributed by atoms with Crippen LogP contribution in [-0.2, 0) is 15.6 Å². The fourth-order valence-electron chi connectivity index (χ4n) is 3.37. The molecule has 11 heteroatoms. The maximum atomic E-state index is 12.9. The van der Waals surface area contributed by atoms with E-state index in [1.165, 1.54) is 76.1 Å². The zero-order chi connectivity index (χ0) is 27.0. The van der Waals surface area contributed by atoms with Crippen molar-refractivity contribution >= 4 is 39.8 Å². The molecule has 0 radical (unpaired) electrons. The molecule has 10 nitrogen and oxygen atoms in total. The van der Waals surface area contributed by atoms with Crippen molar-refractivity contribution in [1.82, 2.24) is 0 Å². The van der Waals surface area contributed by atoms with Crippen LogP contribution in [0, 0.1) is 10.1 Å². The minimum absolute atomic E-state index is 0.0594. The maximum Gasteiger partial charge on any atom is 0.269 e. The van der Waals surface area contributed by atoms with E-state index in [-0.39, 0.29) is 22.7 Å². The molecule has 3 aromatic carbocycles. The number of aldehydes is 1. The molecule has 0 atom stereocenters. The van der Waals surface area contributed by atoms with Gasteiger partial charge in [0, 0.05) is 41.5 Å². The Hall–Kier alpha value is -4.51. The van der Waals surface area contributed by atoms with E-state index >= 15 is 0 Å². The highest BCUT2D eigenvalue weighted by molar-refractivity contribution is 7.93. The van der Waals surface area contributed by atoms with Crippen LogP contribution in [0.2, 0.25) is 0 Å². The predicted octanol–water partition coefficient (Wildman–Crippen LogP) is 4.77. The molecular weight excluding hydrogens is 500 g/mol. The summed E-state index contributed by atoms with van der Waals surface area (Å²) in [6.07, 6.45) is 3.44. The number of aliphatic imine (C=N–C) groups is 1. The van der Waals surface area contributed by atoms with Crippen LogP contribution in [0.1, 0.15) is 27.0 Å². The molecule has 0 aliphatic carbocycles. The summed E-state index contributed by atoms with van der Waals surface area (Å²) in [5, 5.41) is 11.9. The van der Waals surface area contributed by atoms with Gasteiger partial charge in [-0.3, -0.25) is 19.9 Å². The average molecular weight is 525 g/mol. The van der Waals surface area contributed by atoms with Crippen LogP contribution in [0.3, 0.4) is 0 Å². The second-order valence-electron chi connectivity index (χ2n) is 7.67. The first-order valence-corrected chi connectivity index (χ1v) is 12.5. The molecule has 0 aromatic heterocycles. The van der Waals surface area contributed by atoms with Crippen molar-refractivity contribution in [3.8, 4) is 17.2 Å². The van der Waals surface area contributed by atoms with Gasteiger partial charge in [-0.15, -0.1) is 0 Å². The third-order valence-electron chi connectivity index (χ3n) is 5.24. The van der Waals surface area contributed by atoms with Crippen LogP contribution in [0.5, 0.6) is 17.2 Å². The number of nitrogens with zero attached hydrogens (tertiary/aromatic N) is 2. The molecule has 0 fully saturated rings. The molecule has 3 aromatic rings. The van der Waals surface area contributed by atoms with Crippen molar-refractivity contribution in [2.75, 3.05) is 21.3 Å². The number of sulfone groups is 1. The lowest BCUT2D eigenvalue weighted by atomic mass is 10.1. The van der Waals surface area contributed by atoms with Gasteiger partial charge in [0.1, 0.15) is 17.2 Å². The number of carbonyl (C=O) groups is 1. The minimum Gasteiger partial charge on any atom is -0.496 e. The molecule has 0 heterocycles. The van der Waals surface area contributed by atoms with Gasteiger partial charge < -0.3 is 14.2 Å². The Morgan fingerprint density at radius 1 is 0.946 bits per heavy atom. The van der Waals surface area contributed by atoms with Gasteiger partial charge in [-0.1, -0.05) is 6.07 Å². The lowest BCUT2D eigenvalue weighted by molar-refractivity contribution is -0.384. The zero-order valence-corrected chi connectivity index (χ0v) is 21.1. The summed E-state index contributed by atoms with van der Waals surface area (Å²) in [5.74, 6) is 0.899. The first kappa shape index (κ1) is 27.1. The summed E-state index contributed by atoms with van der Waals surface area (Å²) in [7, 11) is 0.656. The van der Waals surface area contributed by atoms with Gasteiger partial charge in [-0.2, -0.15) is 0 Å². The summed E-state index contributed by atoms with van der Waals surface area (Å²) in [4.78, 5) is 26.0. The zero-order valence-electron chi connectivity index (χ0n) is 20.3. The summed E-state index contributed by atoms with van der Waals surface area (Å²) in [6, 6.07) is 13.5. The highest BCUT2D eigenvalue weighted by Gasteiger charge is 2.14. The van der Waals surface area contributed by atoms with E-state index in [2.05, 4.69) is 4.99 Å². The van der Waals surface area contributed by atoms with Crippen molar-refractivity contribution in [2.24, 2.45) is 4.99 Å². The third kappa shape index (κ3) is 7.01. The molecule has 0 aliphatic heterocycles. The second kappa shape index (κ2) is 12.0. The molecule has 0 N–H and O–H groups in total. The molecule has 0 unspecified atom stereocenters. The number of hydrogen-bond donors (Lipinski definition) is 0. The van der Waals surface area contributed by atoms with Gasteiger partial charge in [0.25, 0.3) is 5.69 Å². The van der Waals surface area contributed by atoms with Gasteiger partial charge in [-0.25, -0.2) is 8.42 Å². The van der Waals surface area contributed by atoms with Crippen LogP contribution in [0.4, 0.5) is 11.4 Å². The lowest BCUT2D eigenvalue weighted by Gasteiger charge is -2.12. The van der Waals surface area contributed by atoms with Crippen molar-refractivity contribution < 1.29 is 32.3 Å². The smallest absolute Gasteiger partial charge is 0.269 e. The first-order valence-electron chi connectivity index (χ1n) is 10.8. The molecule has 3 rings (SSSR count). The van der Waals surface area contributed by atoms with Crippen molar-refractivity contribution in [2.45, 2.75) is 5.75 Å². The van der Waals surface area contributed by atoms with Crippen molar-refractivity contribution in [1.29, 1.82) is 0 Å². The number of hydrogen-bond acceptors (Lipinski definition) is 9. The maximum absolute atomic E-state index is 12.9. The van der Waals surface area contributed by atoms with Crippen LogP contribution in [0.15, 0.2) is 65.0 Å². The summed E-state index contributed by atoms with van der Waals surface area (Å²) in [5.41, 5.74) is 1.89. The van der Waals surface area contributed by atoms with E-state index in [0.717, 1.165) is 5.41 Å². The van der Waals surface area contributed by atoms with Gasteiger partial charge in [-0.05, 0) is 41.5 Å². The van der Waals surface area contributed by atoms with Gasteiger partial charge in [0.2, 0.25) is 0 Å². The van der Waals surface area contributed by atoms with Gasteiger partial charge >= 0.3 is 0 Å². The molecule has 0 saturated carbocycles. The molecule has 0 spiro atoms. The van der Waals surface area contributed by atoms with Gasteiger partial charge in [0.05, 0.1) is 43.3 Å². The monoisotopic (exact) mass is 524 g/mol. The van der Waals surface area contributed by atoms with Gasteiger partial charge in [0.15, 0.2) is 16.1 Å². The van der Waals surface area contributed by atoms with E-state index in [9.17, 15) is 23.3 Å². The summed E-state index contributed by atoms with van der Waals surface area (Å²) in [6.45, 7) is 0. The van der Waals surface area contributed by atoms with E-state index in [1.807, 2.05) is 0 Å². The molecular formula is C26H24N2O8S. The number of methoxy groups -OCH3 is 3. The van der Waals surface area contributed by atoms with E-state index in [1.54, 1.807) is 12.1 Å². The topological polar surface area (TPSA) is 134 Å². The molecule has 192 valence electrons. The van der Waals surface area contributed by atoms with Crippen LogP contribution < -0.4 is 14.2 Å². The second-order valence-corrected chi connectivity index (χ2v) is 9.56. The third-order valence-corrected chi connectivity index (χ3v) is 6.53. The fourth-order valence-corrected chi connectivity index (χ4v) is 4.45. The Morgan fingerprint density at radius 2 is 1.59 bits per heavy atom. The van der Waals surface area contributed by atoms with Crippen LogP contribution >= 0.6 is 0 Å². The Bertz CT molecular complexity index is 1440. The molecule has 0 aliphatic rings. The summed E-state index contributed by atoms with van der Waals surface area (Å²) < 4.78 is 41.6.